The van der Waals surface area contributed by atoms with E-state index in [4.69, 9.17) is 104 Å². The quantitative estimate of drug-likeness (QED) is 0.0256. The Morgan fingerprint density at radius 1 is 0.257 bits per heavy atom. The molecule has 0 aliphatic carbocycles. The second kappa shape index (κ2) is 40.4. The first-order valence-electron chi connectivity index (χ1n) is 37.8. The Hall–Kier alpha value is 2.77. The highest BCUT2D eigenvalue weighted by Gasteiger charge is 2.56. The van der Waals surface area contributed by atoms with Gasteiger partial charge in [0.2, 0.25) is 9.76 Å². The van der Waals surface area contributed by atoms with Crippen LogP contribution in [0.1, 0.15) is 13.3 Å². The molecular formula is C57H157NO27Si24. The van der Waals surface area contributed by atoms with Crippen LogP contribution < -0.4 is 5.32 Å². The van der Waals surface area contributed by atoms with Gasteiger partial charge in [-0.05, 0) is 327 Å². The topological polar surface area (TPSA) is 277 Å². The fraction of sp³-hybridized carbons (Fsp3) is 0.930. The number of rotatable bonds is 54. The summed E-state index contributed by atoms with van der Waals surface area (Å²) in [4.78, 5) is 23.8. The lowest BCUT2D eigenvalue weighted by atomic mass is 10.4. The first-order chi connectivity index (χ1) is 47.3. The molecular weight excluding hydrogens is 1800 g/mol. The maximum Gasteiger partial charge on any atom is 0.407 e. The van der Waals surface area contributed by atoms with Gasteiger partial charge in [0, 0.05) is 5.57 Å². The van der Waals surface area contributed by atoms with Crippen LogP contribution in [0.4, 0.5) is 4.79 Å². The largest absolute Gasteiger partial charge is 0.460 e. The van der Waals surface area contributed by atoms with E-state index in [-0.39, 0.29) is 19.8 Å². The molecule has 0 spiro atoms. The molecule has 28 nitrogen and oxygen atoms in total. The number of nitrogens with one attached hydrogen (secondary N) is 1. The fourth-order valence-electron chi connectivity index (χ4n) is 15.0. The predicted molar refractivity (Wildman–Crippen MR) is 493 cm³/mol. The Bertz CT molecular complexity index is 2900. The van der Waals surface area contributed by atoms with Crippen LogP contribution in [0.5, 0.6) is 0 Å². The lowest BCUT2D eigenvalue weighted by molar-refractivity contribution is -0.138. The van der Waals surface area contributed by atoms with E-state index in [1.165, 1.54) is 0 Å². The van der Waals surface area contributed by atoms with Crippen molar-refractivity contribution >= 4 is 218 Å². The summed E-state index contributed by atoms with van der Waals surface area (Å²) < 4.78 is 168. The molecule has 0 saturated heterocycles. The van der Waals surface area contributed by atoms with Crippen LogP contribution in [0, 0.1) is 0 Å². The van der Waals surface area contributed by atoms with Crippen LogP contribution in [0.2, 0.25) is 314 Å². The Kier molecular flexibility index (Phi) is 41.4. The van der Waals surface area contributed by atoms with Crippen LogP contribution in [-0.4, -0.2) is 238 Å². The molecule has 0 rings (SSSR count). The zero-order chi connectivity index (χ0) is 86.9. The van der Waals surface area contributed by atoms with E-state index in [0.717, 1.165) is 6.04 Å². The van der Waals surface area contributed by atoms with Crippen LogP contribution in [0.15, 0.2) is 12.2 Å². The van der Waals surface area contributed by atoms with E-state index >= 15 is 0 Å². The van der Waals surface area contributed by atoms with Gasteiger partial charge in [-0.15, -0.1) is 0 Å². The summed E-state index contributed by atoms with van der Waals surface area (Å²) >= 11 is 0. The molecule has 2 radical (unpaired) electrons. The molecule has 1 N–H and O–H groups in total. The van der Waals surface area contributed by atoms with Crippen LogP contribution in [0.3, 0.4) is 0 Å². The molecule has 648 valence electrons. The predicted octanol–water partition coefficient (Wildman–Crippen LogP) is 17.9. The summed E-state index contributed by atoms with van der Waals surface area (Å²) in [6.07, 6.45) is 0.0545. The molecule has 0 fully saturated rings. The summed E-state index contributed by atoms with van der Waals surface area (Å²) in [5.41, 5.74) is 0.294. The third-order valence-electron chi connectivity index (χ3n) is 13.3. The summed E-state index contributed by atoms with van der Waals surface area (Å²) in [5.74, 6) is -0.506. The van der Waals surface area contributed by atoms with Crippen molar-refractivity contribution in [3.8, 4) is 0 Å². The van der Waals surface area contributed by atoms with Crippen molar-refractivity contribution < 1.29 is 114 Å². The Labute approximate surface area is 690 Å². The summed E-state index contributed by atoms with van der Waals surface area (Å²) in [6.45, 7) is 102. The van der Waals surface area contributed by atoms with Gasteiger partial charge in [0.25, 0.3) is 0 Å². The van der Waals surface area contributed by atoms with E-state index in [0.29, 0.717) is 21.8 Å². The average Bonchev–Trinajstić information content (AvgIpc) is 0.806. The molecule has 0 heterocycles. The van der Waals surface area contributed by atoms with Crippen LogP contribution in [-0.2, 0) is 109 Å². The molecule has 0 aromatic rings. The molecule has 0 bridgehead atoms. The number of hydrogen-bond donors (Lipinski definition) is 1. The first-order valence-corrected chi connectivity index (χ1v) is 104. The lowest BCUT2D eigenvalue weighted by Gasteiger charge is -2.45. The maximum absolute atomic E-state index is 12.2. The SMILES string of the molecule is C=C(C)C(=O)OCCNC(=O)OCCC[Si](C)(C)O[Si](C)(C)O[Si](C)(C)O[Si](C)(C)O[Si](C)(C)O[Si](C)(C)O[Si](C)(C)O[Si](C)(C)O[Si](C)(C)O[Si](C)(C)O[Si](C)(C)O[Si](C)(C)O[Si](C)(C)O[Si](C)(C)O[Si](C)(C)O[Si](C)(C)O[Si](C)(C)O[Si](C)(C)O[Si](C)(C)O[Si](C)(C)O[Si](C)(C)O[Si](C)(C)O[Si](C)(C)O[Si]C. The van der Waals surface area contributed by atoms with Gasteiger partial charge < -0.3 is 109 Å². The number of carbonyl (C=O) groups excluding carboxylic acids is 2. The van der Waals surface area contributed by atoms with E-state index in [2.05, 4.69) is 104 Å². The highest BCUT2D eigenvalue weighted by molar-refractivity contribution is 6.97. The maximum atomic E-state index is 12.2. The van der Waals surface area contributed by atoms with E-state index in [9.17, 15) is 9.59 Å². The molecule has 109 heavy (non-hydrogen) atoms. The normalized spacial score (nSPS) is 15.4. The van der Waals surface area contributed by atoms with Gasteiger partial charge >= 0.3 is 200 Å². The van der Waals surface area contributed by atoms with Gasteiger partial charge in [-0.1, -0.05) is 6.58 Å². The van der Waals surface area contributed by atoms with Crippen molar-refractivity contribution in [1.29, 1.82) is 0 Å². The number of esters is 1. The molecule has 0 aliphatic heterocycles. The van der Waals surface area contributed by atoms with Gasteiger partial charge in [-0.25, -0.2) is 9.59 Å². The van der Waals surface area contributed by atoms with E-state index in [1.54, 1.807) is 6.92 Å². The molecule has 0 unspecified atom stereocenters. The average molecular weight is 1960 g/mol. The van der Waals surface area contributed by atoms with Crippen molar-refractivity contribution in [2.45, 2.75) is 327 Å². The highest BCUT2D eigenvalue weighted by atomic mass is 28.6. The monoisotopic (exact) mass is 1960 g/mol. The molecule has 52 heteroatoms. The molecule has 0 aliphatic rings. The molecule has 0 aromatic carbocycles. The lowest BCUT2D eigenvalue weighted by Crippen LogP contribution is -2.63. The summed E-state index contributed by atoms with van der Waals surface area (Å²) in [7, 11) is -64.2. The second-order valence-electron chi connectivity index (χ2n) is 38.2. The van der Waals surface area contributed by atoms with E-state index in [1.807, 2.05) is 216 Å². The Balaban J connectivity index is 5.80. The zero-order valence-corrected chi connectivity index (χ0v) is 101. The second-order valence-corrected chi connectivity index (χ2v) is 123. The van der Waals surface area contributed by atoms with Gasteiger partial charge in [0.05, 0.1) is 13.2 Å². The molecule has 0 aromatic heterocycles. The van der Waals surface area contributed by atoms with Crippen molar-refractivity contribution in [1.82, 2.24) is 5.32 Å². The standard InChI is InChI=1S/C57H157NO27Si24/c1-55(2)56(59)61-53-51-58-57(60)62-52-50-54-87(4,5)64-89(8,9)66-91(12,13)68-93(16,17)70-95(20,21)72-97(24,25)74-99(28,29)76-101(32,33)78-103(36,37)80-105(40,41)82-107(44,45)84-109(48,49)85-108(46,47)83-106(42,43)81-104(38,39)79-102(34,35)77-100(30,31)75-98(26,27)73-96(22,23)71-94(18,19)69-92(14,15)67-90(10,11)65-88(6,7)63-86-3/h1,50-54H2,2-49H3,(H,58,60). The number of alkyl carbamates (subject to hydrolysis) is 1. The minimum absolute atomic E-state index is 0.0296. The molecule has 1 amide bonds. The van der Waals surface area contributed by atoms with Crippen molar-refractivity contribution in [3.05, 3.63) is 12.2 Å². The number of carbonyl (C=O) groups is 2. The fourth-order valence-corrected chi connectivity index (χ4v) is 135. The third-order valence-corrected chi connectivity index (χ3v) is 104. The number of ether oxygens (including phenoxy) is 2. The number of hydrogen-bond acceptors (Lipinski definition) is 27. The minimum Gasteiger partial charge on any atom is -0.460 e. The minimum atomic E-state index is -2.93. The molecule has 0 atom stereocenters. The van der Waals surface area contributed by atoms with Gasteiger partial charge in [0.1, 0.15) is 6.61 Å². The summed E-state index contributed by atoms with van der Waals surface area (Å²) in [5, 5.41) is 2.59. The highest BCUT2D eigenvalue weighted by Crippen LogP contribution is 2.36. The van der Waals surface area contributed by atoms with Crippen molar-refractivity contribution in [3.63, 3.8) is 0 Å². The number of amides is 1. The van der Waals surface area contributed by atoms with E-state index < -0.39 is 209 Å². The summed E-state index contributed by atoms with van der Waals surface area (Å²) in [6, 6.07) is 0.753. The zero-order valence-electron chi connectivity index (χ0n) is 77.3. The van der Waals surface area contributed by atoms with Crippen molar-refractivity contribution in [2.24, 2.45) is 0 Å². The molecule has 0 saturated carbocycles. The first kappa shape index (κ1) is 112. The Morgan fingerprint density at radius 3 is 0.587 bits per heavy atom. The smallest absolute Gasteiger partial charge is 0.407 e. The van der Waals surface area contributed by atoms with Crippen LogP contribution in [0.25, 0.3) is 0 Å². The van der Waals surface area contributed by atoms with Crippen LogP contribution >= 0.6 is 0 Å². The van der Waals surface area contributed by atoms with Gasteiger partial charge in [-0.3, -0.25) is 0 Å². The van der Waals surface area contributed by atoms with Gasteiger partial charge in [0.15, 0.2) is 8.32 Å². The Morgan fingerprint density at radius 2 is 0.422 bits per heavy atom. The van der Waals surface area contributed by atoms with Crippen molar-refractivity contribution in [2.75, 3.05) is 19.8 Å². The third kappa shape index (κ3) is 52.6. The van der Waals surface area contributed by atoms with Gasteiger partial charge in [-0.2, -0.15) is 0 Å².